The molecule has 3 rings (SSSR count). The molecular weight excluding hydrogens is 250 g/mol. The lowest BCUT2D eigenvalue weighted by Gasteiger charge is -2.19. The minimum absolute atomic E-state index is 0.240. The summed E-state index contributed by atoms with van der Waals surface area (Å²) in [5.41, 5.74) is 3.79. The molecule has 4 nitrogen and oxygen atoms in total. The number of piperidine rings is 1. The quantitative estimate of drug-likeness (QED) is 0.932. The summed E-state index contributed by atoms with van der Waals surface area (Å²) in [6.07, 6.45) is 4.29. The van der Waals surface area contributed by atoms with Crippen molar-refractivity contribution in [1.82, 2.24) is 15.5 Å². The maximum Gasteiger partial charge on any atom is 0.243 e. The van der Waals surface area contributed by atoms with E-state index in [9.17, 15) is 0 Å². The fourth-order valence-electron chi connectivity index (χ4n) is 2.90. The first-order valence-electron chi connectivity index (χ1n) is 7.34. The SMILES string of the molecule is Cc1cc(C)cc(Cc2noc([C@H]3CCCCN3)n2)c1. The van der Waals surface area contributed by atoms with Gasteiger partial charge in [-0.2, -0.15) is 4.98 Å². The fourth-order valence-corrected chi connectivity index (χ4v) is 2.90. The summed E-state index contributed by atoms with van der Waals surface area (Å²) in [4.78, 5) is 4.55. The number of benzene rings is 1. The molecule has 0 bridgehead atoms. The Morgan fingerprint density at radius 2 is 2.00 bits per heavy atom. The van der Waals surface area contributed by atoms with Crippen LogP contribution < -0.4 is 5.32 Å². The highest BCUT2D eigenvalue weighted by atomic mass is 16.5. The molecule has 2 aromatic rings. The van der Waals surface area contributed by atoms with Crippen LogP contribution in [0, 0.1) is 13.8 Å². The number of rotatable bonds is 3. The summed E-state index contributed by atoms with van der Waals surface area (Å²) in [7, 11) is 0. The number of nitrogens with zero attached hydrogens (tertiary/aromatic N) is 2. The van der Waals surface area contributed by atoms with Crippen molar-refractivity contribution >= 4 is 0 Å². The fraction of sp³-hybridized carbons (Fsp3) is 0.500. The summed E-state index contributed by atoms with van der Waals surface area (Å²) in [6, 6.07) is 6.78. The molecule has 20 heavy (non-hydrogen) atoms. The van der Waals surface area contributed by atoms with Crippen molar-refractivity contribution in [3.05, 3.63) is 46.6 Å². The monoisotopic (exact) mass is 271 g/mol. The van der Waals surface area contributed by atoms with Gasteiger partial charge in [-0.05, 0) is 38.8 Å². The molecule has 1 aromatic heterocycles. The van der Waals surface area contributed by atoms with Crippen LogP contribution >= 0.6 is 0 Å². The second kappa shape index (κ2) is 5.75. The summed E-state index contributed by atoms with van der Waals surface area (Å²) < 4.78 is 5.41. The lowest BCUT2D eigenvalue weighted by molar-refractivity contribution is 0.296. The molecule has 0 unspecified atom stereocenters. The van der Waals surface area contributed by atoms with Gasteiger partial charge in [-0.25, -0.2) is 0 Å². The highest BCUT2D eigenvalue weighted by Crippen LogP contribution is 2.22. The Balaban J connectivity index is 1.73. The van der Waals surface area contributed by atoms with Gasteiger partial charge in [0.1, 0.15) is 0 Å². The van der Waals surface area contributed by atoms with Crippen LogP contribution in [0.15, 0.2) is 22.7 Å². The Kier molecular flexibility index (Phi) is 3.83. The molecule has 0 saturated carbocycles. The van der Waals surface area contributed by atoms with Crippen molar-refractivity contribution in [3.63, 3.8) is 0 Å². The van der Waals surface area contributed by atoms with Crippen molar-refractivity contribution < 1.29 is 4.52 Å². The first-order chi connectivity index (χ1) is 9.70. The number of nitrogens with one attached hydrogen (secondary N) is 1. The van der Waals surface area contributed by atoms with Crippen LogP contribution in [-0.2, 0) is 6.42 Å². The van der Waals surface area contributed by atoms with Crippen LogP contribution in [-0.4, -0.2) is 16.7 Å². The van der Waals surface area contributed by atoms with Crippen LogP contribution in [0.5, 0.6) is 0 Å². The molecule has 1 saturated heterocycles. The van der Waals surface area contributed by atoms with Gasteiger partial charge in [0.2, 0.25) is 5.89 Å². The number of aryl methyl sites for hydroxylation is 2. The minimum Gasteiger partial charge on any atom is -0.338 e. The molecule has 0 amide bonds. The van der Waals surface area contributed by atoms with Gasteiger partial charge in [0.15, 0.2) is 5.82 Å². The van der Waals surface area contributed by atoms with E-state index in [1.807, 2.05) is 0 Å². The number of aromatic nitrogens is 2. The Labute approximate surface area is 119 Å². The van der Waals surface area contributed by atoms with E-state index in [0.29, 0.717) is 0 Å². The maximum absolute atomic E-state index is 5.41. The molecule has 1 aliphatic heterocycles. The van der Waals surface area contributed by atoms with Crippen LogP contribution in [0.3, 0.4) is 0 Å². The van der Waals surface area contributed by atoms with E-state index < -0.39 is 0 Å². The van der Waals surface area contributed by atoms with Gasteiger partial charge in [0.05, 0.1) is 6.04 Å². The molecule has 1 N–H and O–H groups in total. The average Bonchev–Trinajstić information content (AvgIpc) is 2.87. The third-order valence-corrected chi connectivity index (χ3v) is 3.74. The molecule has 4 heteroatoms. The van der Waals surface area contributed by atoms with Gasteiger partial charge in [-0.1, -0.05) is 40.9 Å². The smallest absolute Gasteiger partial charge is 0.243 e. The average molecular weight is 271 g/mol. The summed E-state index contributed by atoms with van der Waals surface area (Å²) in [5, 5.41) is 7.55. The first-order valence-corrected chi connectivity index (χ1v) is 7.34. The first kappa shape index (κ1) is 13.3. The van der Waals surface area contributed by atoms with Gasteiger partial charge in [0, 0.05) is 6.42 Å². The predicted octanol–water partition coefficient (Wildman–Crippen LogP) is 3.09. The standard InChI is InChI=1S/C16H21N3O/c1-11-7-12(2)9-13(8-11)10-15-18-16(20-19-15)14-5-3-4-6-17-14/h7-9,14,17H,3-6,10H2,1-2H3/t14-/m1/s1. The van der Waals surface area contributed by atoms with Crippen molar-refractivity contribution in [2.24, 2.45) is 0 Å². The summed E-state index contributed by atoms with van der Waals surface area (Å²) >= 11 is 0. The number of hydrogen-bond acceptors (Lipinski definition) is 4. The Morgan fingerprint density at radius 3 is 2.70 bits per heavy atom. The topological polar surface area (TPSA) is 51.0 Å². The molecule has 0 spiro atoms. The molecule has 1 aliphatic rings. The third kappa shape index (κ3) is 3.07. The van der Waals surface area contributed by atoms with E-state index >= 15 is 0 Å². The molecule has 1 fully saturated rings. The molecule has 1 atom stereocenters. The van der Waals surface area contributed by atoms with Crippen LogP contribution in [0.2, 0.25) is 0 Å². The Morgan fingerprint density at radius 1 is 1.20 bits per heavy atom. The number of hydrogen-bond donors (Lipinski definition) is 1. The van der Waals surface area contributed by atoms with Crippen LogP contribution in [0.1, 0.15) is 53.7 Å². The van der Waals surface area contributed by atoms with E-state index in [1.54, 1.807) is 0 Å². The molecule has 106 valence electrons. The van der Waals surface area contributed by atoms with Gasteiger partial charge in [0.25, 0.3) is 0 Å². The van der Waals surface area contributed by atoms with Crippen LogP contribution in [0.4, 0.5) is 0 Å². The zero-order valence-electron chi connectivity index (χ0n) is 12.1. The van der Waals surface area contributed by atoms with E-state index in [4.69, 9.17) is 4.52 Å². The second-order valence-corrected chi connectivity index (χ2v) is 5.72. The van der Waals surface area contributed by atoms with Crippen LogP contribution in [0.25, 0.3) is 0 Å². The highest BCUT2D eigenvalue weighted by Gasteiger charge is 2.20. The summed E-state index contributed by atoms with van der Waals surface area (Å²) in [5.74, 6) is 1.52. The molecule has 0 aliphatic carbocycles. The van der Waals surface area contributed by atoms with Gasteiger partial charge < -0.3 is 9.84 Å². The van der Waals surface area contributed by atoms with Crippen molar-refractivity contribution in [1.29, 1.82) is 0 Å². The van der Waals surface area contributed by atoms with Crippen molar-refractivity contribution in [2.45, 2.75) is 45.6 Å². The summed E-state index contributed by atoms with van der Waals surface area (Å²) in [6.45, 7) is 5.27. The Bertz CT molecular complexity index is 565. The Hall–Kier alpha value is -1.68. The second-order valence-electron chi connectivity index (χ2n) is 5.72. The van der Waals surface area contributed by atoms with Gasteiger partial charge >= 0.3 is 0 Å². The van der Waals surface area contributed by atoms with E-state index in [2.05, 4.69) is 47.5 Å². The lowest BCUT2D eigenvalue weighted by Crippen LogP contribution is -2.27. The van der Waals surface area contributed by atoms with E-state index in [-0.39, 0.29) is 6.04 Å². The lowest BCUT2D eigenvalue weighted by atomic mass is 10.0. The molecule has 0 radical (unpaired) electrons. The van der Waals surface area contributed by atoms with E-state index in [1.165, 1.54) is 29.5 Å². The molecule has 1 aromatic carbocycles. The molecular formula is C16H21N3O. The zero-order chi connectivity index (χ0) is 13.9. The van der Waals surface area contributed by atoms with Gasteiger partial charge in [-0.3, -0.25) is 0 Å². The molecule has 2 heterocycles. The minimum atomic E-state index is 0.240. The largest absolute Gasteiger partial charge is 0.338 e. The normalized spacial score (nSPS) is 19.2. The van der Waals surface area contributed by atoms with Crippen molar-refractivity contribution in [3.8, 4) is 0 Å². The third-order valence-electron chi connectivity index (χ3n) is 3.74. The zero-order valence-corrected chi connectivity index (χ0v) is 12.1. The predicted molar refractivity (Wildman–Crippen MR) is 77.6 cm³/mol. The highest BCUT2D eigenvalue weighted by molar-refractivity contribution is 5.30. The van der Waals surface area contributed by atoms with Crippen molar-refractivity contribution in [2.75, 3.05) is 6.54 Å². The van der Waals surface area contributed by atoms with Gasteiger partial charge in [-0.15, -0.1) is 0 Å². The maximum atomic E-state index is 5.41. The van der Waals surface area contributed by atoms with E-state index in [0.717, 1.165) is 31.1 Å².